The van der Waals surface area contributed by atoms with E-state index in [1.807, 2.05) is 0 Å². The molecule has 1 aliphatic heterocycles. The first-order valence-electron chi connectivity index (χ1n) is 12.1. The molecule has 0 bridgehead atoms. The number of alkyl halides is 3. The Bertz CT molecular complexity index is 1510. The molecule has 4 rings (SSSR count). The van der Waals surface area contributed by atoms with Gasteiger partial charge in [-0.1, -0.05) is 11.6 Å². The number of nitrogens with zero attached hydrogens (tertiary/aromatic N) is 3. The van der Waals surface area contributed by atoms with Crippen LogP contribution < -0.4 is 19.1 Å². The minimum Gasteiger partial charge on any atom is -0.485 e. The predicted molar refractivity (Wildman–Crippen MR) is 138 cm³/mol. The van der Waals surface area contributed by atoms with Crippen molar-refractivity contribution in [2.24, 2.45) is 0 Å². The highest BCUT2D eigenvalue weighted by molar-refractivity contribution is 7.93. The third-order valence-electron chi connectivity index (χ3n) is 6.22. The maximum Gasteiger partial charge on any atom is 0.427 e. The molecule has 1 aromatic carbocycles. The first kappa shape index (κ1) is 30.2. The number of carbonyl (C=O) groups excluding carboxylic acids is 1. The summed E-state index contributed by atoms with van der Waals surface area (Å²) >= 11 is 6.13. The van der Waals surface area contributed by atoms with Crippen molar-refractivity contribution in [3.8, 4) is 5.75 Å². The van der Waals surface area contributed by atoms with E-state index in [2.05, 4.69) is 19.9 Å². The Labute approximate surface area is 233 Å². The van der Waals surface area contributed by atoms with Gasteiger partial charge in [0.05, 0.1) is 17.5 Å². The summed E-state index contributed by atoms with van der Waals surface area (Å²) in [6, 6.07) is 3.74. The lowest BCUT2D eigenvalue weighted by Crippen LogP contribution is -2.48. The van der Waals surface area contributed by atoms with Crippen LogP contribution in [-0.4, -0.2) is 68.9 Å². The van der Waals surface area contributed by atoms with E-state index in [0.717, 1.165) is 4.31 Å². The van der Waals surface area contributed by atoms with Crippen LogP contribution in [0.5, 0.6) is 5.75 Å². The van der Waals surface area contributed by atoms with Crippen molar-refractivity contribution in [3.05, 3.63) is 29.5 Å². The second-order valence-electron chi connectivity index (χ2n) is 9.71. The Kier molecular flexibility index (Phi) is 7.98. The van der Waals surface area contributed by atoms with Gasteiger partial charge in [-0.15, -0.1) is 0 Å². The van der Waals surface area contributed by atoms with Crippen LogP contribution in [0.25, 0.3) is 0 Å². The van der Waals surface area contributed by atoms with Crippen molar-refractivity contribution < 1.29 is 44.3 Å². The van der Waals surface area contributed by atoms with E-state index in [1.165, 1.54) is 29.1 Å². The van der Waals surface area contributed by atoms with Crippen LogP contribution >= 0.6 is 11.6 Å². The lowest BCUT2D eigenvalue weighted by atomic mass is 10.1. The van der Waals surface area contributed by atoms with E-state index in [0.29, 0.717) is 33.2 Å². The van der Waals surface area contributed by atoms with Gasteiger partial charge in [-0.25, -0.2) is 26.4 Å². The number of hydrogen-bond donors (Lipinski definition) is 2. The van der Waals surface area contributed by atoms with Gasteiger partial charge in [-0.2, -0.15) is 18.3 Å². The number of halogens is 4. The lowest BCUT2D eigenvalue weighted by molar-refractivity contribution is -0.242. The highest BCUT2D eigenvalue weighted by Gasteiger charge is 2.51. The van der Waals surface area contributed by atoms with Gasteiger partial charge in [-0.3, -0.25) is 14.3 Å². The van der Waals surface area contributed by atoms with Gasteiger partial charge in [0.2, 0.25) is 15.6 Å². The lowest BCUT2D eigenvalue weighted by Gasteiger charge is -2.35. The minimum atomic E-state index is -4.84. The molecule has 0 spiro atoms. The molecule has 1 amide bonds. The summed E-state index contributed by atoms with van der Waals surface area (Å²) in [7, 11) is -8.01. The highest BCUT2D eigenvalue weighted by atomic mass is 35.5. The fourth-order valence-corrected chi connectivity index (χ4v) is 7.05. The molecule has 0 unspecified atom stereocenters. The van der Waals surface area contributed by atoms with Crippen molar-refractivity contribution in [2.75, 3.05) is 22.7 Å². The van der Waals surface area contributed by atoms with E-state index in [9.17, 15) is 34.8 Å². The van der Waals surface area contributed by atoms with Crippen LogP contribution in [0, 0.1) is 0 Å². The molecular weight excluding hydrogens is 603 g/mol. The Morgan fingerprint density at radius 3 is 2.48 bits per heavy atom. The molecule has 1 atom stereocenters. The van der Waals surface area contributed by atoms with E-state index < -0.39 is 49.3 Å². The largest absolute Gasteiger partial charge is 0.485 e. The van der Waals surface area contributed by atoms with Crippen molar-refractivity contribution in [1.29, 1.82) is 0 Å². The zero-order valence-corrected chi connectivity index (χ0v) is 23.9. The number of benzene rings is 1. The summed E-state index contributed by atoms with van der Waals surface area (Å²) in [5.41, 5.74) is -2.95. The average molecular weight is 630 g/mol. The number of sulfonamides is 2. The molecule has 222 valence electrons. The molecule has 18 heteroatoms. The topological polar surface area (TPSA) is 149 Å². The maximum absolute atomic E-state index is 13.8. The molecule has 1 aromatic heterocycles. The van der Waals surface area contributed by atoms with Crippen molar-refractivity contribution in [3.63, 3.8) is 0 Å². The monoisotopic (exact) mass is 629 g/mol. The van der Waals surface area contributed by atoms with Crippen molar-refractivity contribution >= 4 is 49.1 Å². The fourth-order valence-electron chi connectivity index (χ4n) is 3.70. The number of anilines is 2. The molecule has 1 fully saturated rings. The molecule has 1 saturated carbocycles. The highest BCUT2D eigenvalue weighted by Crippen LogP contribution is 2.40. The van der Waals surface area contributed by atoms with Crippen LogP contribution in [0.3, 0.4) is 0 Å². The summed E-state index contributed by atoms with van der Waals surface area (Å²) in [5.74, 6) is 0.0130. The van der Waals surface area contributed by atoms with Gasteiger partial charge in [0.25, 0.3) is 10.0 Å². The van der Waals surface area contributed by atoms with Crippen LogP contribution in [0.4, 0.5) is 29.3 Å². The first-order valence-corrected chi connectivity index (χ1v) is 15.4. The van der Waals surface area contributed by atoms with Crippen molar-refractivity contribution in [2.45, 2.75) is 68.2 Å². The molecule has 12 nitrogen and oxygen atoms in total. The van der Waals surface area contributed by atoms with Gasteiger partial charge in [0.15, 0.2) is 5.15 Å². The van der Waals surface area contributed by atoms with Gasteiger partial charge in [0.1, 0.15) is 16.7 Å². The number of carbonyl (C=O) groups is 1. The molecule has 0 saturated heterocycles. The number of aryl methyl sites for hydroxylation is 1. The third kappa shape index (κ3) is 6.26. The van der Waals surface area contributed by atoms with E-state index in [-0.39, 0.29) is 40.3 Å². The predicted octanol–water partition coefficient (Wildman–Crippen LogP) is 3.48. The van der Waals surface area contributed by atoms with Crippen LogP contribution in [-0.2, 0) is 31.3 Å². The molecule has 0 radical (unpaired) electrons. The van der Waals surface area contributed by atoms with E-state index in [4.69, 9.17) is 16.3 Å². The first-order chi connectivity index (χ1) is 18.4. The summed E-state index contributed by atoms with van der Waals surface area (Å²) < 4.78 is 107. The van der Waals surface area contributed by atoms with Crippen LogP contribution in [0.2, 0.25) is 5.15 Å². The van der Waals surface area contributed by atoms with Crippen LogP contribution in [0.1, 0.15) is 33.6 Å². The number of amides is 1. The average Bonchev–Trinajstić information content (AvgIpc) is 3.64. The molecule has 2 N–H and O–H groups in total. The molecule has 2 heterocycles. The third-order valence-corrected chi connectivity index (χ3v) is 10.3. The SMILES string of the molecule is CCn1cc(S(=O)(=O)N2C[C@H](CNS(=O)(=O)C3CC3)Oc3ccc(NC(=O)OC(C)(C)C(F)(F)F)cc32)c(Cl)n1. The summed E-state index contributed by atoms with van der Waals surface area (Å²) in [6.07, 6.45) is -4.92. The maximum atomic E-state index is 13.8. The molecular formula is C22H27ClF3N5O7S2. The Morgan fingerprint density at radius 2 is 1.90 bits per heavy atom. The molecule has 40 heavy (non-hydrogen) atoms. The number of hydrogen-bond acceptors (Lipinski definition) is 8. The van der Waals surface area contributed by atoms with Gasteiger partial charge < -0.3 is 9.47 Å². The van der Waals surface area contributed by atoms with E-state index >= 15 is 0 Å². The summed E-state index contributed by atoms with van der Waals surface area (Å²) in [6.45, 7) is 2.82. The van der Waals surface area contributed by atoms with Crippen LogP contribution in [0.15, 0.2) is 29.3 Å². The number of fused-ring (bicyclic) bond motifs is 1. The van der Waals surface area contributed by atoms with E-state index in [1.54, 1.807) is 6.92 Å². The van der Waals surface area contributed by atoms with Gasteiger partial charge >= 0.3 is 12.3 Å². The Morgan fingerprint density at radius 1 is 1.23 bits per heavy atom. The normalized spacial score (nSPS) is 18.2. The minimum absolute atomic E-state index is 0.0130. The molecule has 2 aliphatic rings. The van der Waals surface area contributed by atoms with Crippen molar-refractivity contribution in [1.82, 2.24) is 14.5 Å². The number of ether oxygens (including phenoxy) is 2. The molecule has 1 aliphatic carbocycles. The Hall–Kier alpha value is -2.76. The fraction of sp³-hybridized carbons (Fsp3) is 0.545. The molecule has 2 aromatic rings. The second kappa shape index (κ2) is 10.6. The standard InChI is InChI=1S/C22H27ClF3N5O7S2/c1-4-30-12-18(19(23)29-30)40(35,36)31-11-14(10-27-39(33,34)15-6-7-15)37-17-8-5-13(9-16(17)31)28-20(32)38-21(2,3)22(24,25)26/h5,8-9,12,14-15,27H,4,6-7,10-11H2,1-3H3,(H,28,32)/t14-/m0/s1. The zero-order valence-electron chi connectivity index (χ0n) is 21.5. The number of rotatable bonds is 9. The number of nitrogens with one attached hydrogen (secondary N) is 2. The van der Waals surface area contributed by atoms with Gasteiger partial charge in [-0.05, 0) is 51.8 Å². The zero-order chi connectivity index (χ0) is 29.7. The Balaban J connectivity index is 1.65. The van der Waals surface area contributed by atoms with Gasteiger partial charge in [0, 0.05) is 25.0 Å². The quantitative estimate of drug-likeness (QED) is 0.428. The summed E-state index contributed by atoms with van der Waals surface area (Å²) in [4.78, 5) is 11.9. The second-order valence-corrected chi connectivity index (χ2v) is 13.9. The number of aromatic nitrogens is 2. The summed E-state index contributed by atoms with van der Waals surface area (Å²) in [5, 5.41) is 5.32. The smallest absolute Gasteiger partial charge is 0.427 e.